The molecular weight excluding hydrogens is 245 g/mol. The fourth-order valence-electron chi connectivity index (χ4n) is 1.56. The molecule has 0 aromatic carbocycles. The van der Waals surface area contributed by atoms with Crippen molar-refractivity contribution < 1.29 is 22.7 Å². The smallest absolute Gasteiger partial charge is 0.409 e. The van der Waals surface area contributed by atoms with Gasteiger partial charge in [-0.1, -0.05) is 31.8 Å². The maximum atomic E-state index is 11.7. The molecule has 0 atom stereocenters. The normalized spacial score (nSPS) is 12.0. The molecule has 0 rings (SSSR count). The number of methoxy groups -OCH3 is 1. The van der Waals surface area contributed by atoms with E-state index in [1.165, 1.54) is 13.2 Å². The van der Waals surface area contributed by atoms with Gasteiger partial charge < -0.3 is 4.74 Å². The molecule has 0 saturated carbocycles. The highest BCUT2D eigenvalue weighted by Gasteiger charge is 2.21. The third-order valence-electron chi connectivity index (χ3n) is 2.54. The second-order valence-electron chi connectivity index (χ2n) is 4.18. The summed E-state index contributed by atoms with van der Waals surface area (Å²) >= 11 is 0. The van der Waals surface area contributed by atoms with Gasteiger partial charge >= 0.3 is 12.1 Å². The number of alkyl halides is 3. The van der Waals surface area contributed by atoms with E-state index >= 15 is 0 Å². The summed E-state index contributed by atoms with van der Waals surface area (Å²) < 4.78 is 39.7. The largest absolute Gasteiger partial charge is 0.469 e. The minimum Gasteiger partial charge on any atom is -0.469 e. The van der Waals surface area contributed by atoms with Crippen LogP contribution in [0.5, 0.6) is 0 Å². The van der Waals surface area contributed by atoms with Gasteiger partial charge in [0.15, 0.2) is 0 Å². The minimum absolute atomic E-state index is 0.188. The summed E-state index contributed by atoms with van der Waals surface area (Å²) in [4.78, 5) is 10.8. The highest BCUT2D eigenvalue weighted by Crippen LogP contribution is 2.17. The molecule has 0 aromatic rings. The number of esters is 1. The van der Waals surface area contributed by atoms with E-state index in [1.807, 2.05) is 0 Å². The molecule has 2 nitrogen and oxygen atoms in total. The first kappa shape index (κ1) is 17.0. The molecule has 0 saturated heterocycles. The van der Waals surface area contributed by atoms with E-state index in [2.05, 4.69) is 4.74 Å². The van der Waals surface area contributed by atoms with Gasteiger partial charge in [-0.25, -0.2) is 0 Å². The summed E-state index contributed by atoms with van der Waals surface area (Å²) in [5.41, 5.74) is 0. The lowest BCUT2D eigenvalue weighted by molar-refractivity contribution is -0.140. The Kier molecular flexibility index (Phi) is 9.42. The van der Waals surface area contributed by atoms with Gasteiger partial charge in [-0.3, -0.25) is 4.79 Å². The van der Waals surface area contributed by atoms with E-state index < -0.39 is 6.18 Å². The monoisotopic (exact) mass is 266 g/mol. The Hall–Kier alpha value is -1.00. The Labute approximate surface area is 106 Å². The second-order valence-corrected chi connectivity index (χ2v) is 4.18. The molecule has 0 bridgehead atoms. The minimum atomic E-state index is -4.19. The van der Waals surface area contributed by atoms with Crippen molar-refractivity contribution >= 4 is 5.97 Å². The molecule has 0 aromatic heterocycles. The summed E-state index contributed by atoms with van der Waals surface area (Å²) in [6.07, 6.45) is 3.72. The number of allylic oxidation sites excluding steroid dienone is 2. The fourth-order valence-corrected chi connectivity index (χ4v) is 1.56. The Balaban J connectivity index is 3.22. The number of carbonyl (C=O) groups is 1. The van der Waals surface area contributed by atoms with Crippen LogP contribution in [0.15, 0.2) is 12.2 Å². The Morgan fingerprint density at radius 1 is 1.06 bits per heavy atom. The lowest BCUT2D eigenvalue weighted by Crippen LogP contribution is -2.00. The molecule has 0 heterocycles. The standard InChI is InChI=1S/C13H21F3O2/c1-18-12(17)10-8-6-4-2-3-5-7-9-11-13(14,15)16/h9,11H,2-8,10H2,1H3/b11-9+. The van der Waals surface area contributed by atoms with Crippen LogP contribution in [0, 0.1) is 0 Å². The molecule has 0 N–H and O–H groups in total. The number of hydrogen-bond acceptors (Lipinski definition) is 2. The van der Waals surface area contributed by atoms with Gasteiger partial charge in [0.05, 0.1) is 7.11 Å². The van der Waals surface area contributed by atoms with Gasteiger partial charge in [0, 0.05) is 12.5 Å². The number of rotatable bonds is 9. The SMILES string of the molecule is COC(=O)CCCCCCCC/C=C/C(F)(F)F. The van der Waals surface area contributed by atoms with Gasteiger partial charge in [-0.05, 0) is 19.3 Å². The zero-order chi connectivity index (χ0) is 13.9. The summed E-state index contributed by atoms with van der Waals surface area (Å²) in [6, 6.07) is 0. The van der Waals surface area contributed by atoms with Crippen molar-refractivity contribution in [3.05, 3.63) is 12.2 Å². The van der Waals surface area contributed by atoms with E-state index in [-0.39, 0.29) is 5.97 Å². The molecule has 0 amide bonds. The highest BCUT2D eigenvalue weighted by molar-refractivity contribution is 5.68. The van der Waals surface area contributed by atoms with Crippen LogP contribution >= 0.6 is 0 Å². The molecule has 0 fully saturated rings. The van der Waals surface area contributed by atoms with Crippen LogP contribution < -0.4 is 0 Å². The van der Waals surface area contributed by atoms with E-state index in [9.17, 15) is 18.0 Å². The number of carbonyl (C=O) groups excluding carboxylic acids is 1. The molecule has 18 heavy (non-hydrogen) atoms. The van der Waals surface area contributed by atoms with Crippen LogP contribution in [0.2, 0.25) is 0 Å². The van der Waals surface area contributed by atoms with Gasteiger partial charge in [-0.2, -0.15) is 13.2 Å². The zero-order valence-corrected chi connectivity index (χ0v) is 10.8. The van der Waals surface area contributed by atoms with Crippen LogP contribution in [-0.4, -0.2) is 19.3 Å². The number of hydrogen-bond donors (Lipinski definition) is 0. The van der Waals surface area contributed by atoms with Gasteiger partial charge in [0.1, 0.15) is 0 Å². The third-order valence-corrected chi connectivity index (χ3v) is 2.54. The molecule has 0 unspecified atom stereocenters. The van der Waals surface area contributed by atoms with Crippen LogP contribution in [0.3, 0.4) is 0 Å². The molecule has 0 aliphatic carbocycles. The average Bonchev–Trinajstić information content (AvgIpc) is 2.29. The van der Waals surface area contributed by atoms with Gasteiger partial charge in [-0.15, -0.1) is 0 Å². The zero-order valence-electron chi connectivity index (χ0n) is 10.8. The first-order valence-electron chi connectivity index (χ1n) is 6.27. The van der Waals surface area contributed by atoms with Gasteiger partial charge in [0.2, 0.25) is 0 Å². The van der Waals surface area contributed by atoms with E-state index in [1.54, 1.807) is 0 Å². The van der Waals surface area contributed by atoms with Gasteiger partial charge in [0.25, 0.3) is 0 Å². The summed E-state index contributed by atoms with van der Waals surface area (Å²) in [5.74, 6) is -0.188. The third kappa shape index (κ3) is 13.1. The van der Waals surface area contributed by atoms with Crippen molar-refractivity contribution in [2.45, 2.75) is 57.5 Å². The van der Waals surface area contributed by atoms with Crippen LogP contribution in [0.1, 0.15) is 51.4 Å². The lowest BCUT2D eigenvalue weighted by atomic mass is 10.1. The Bertz CT molecular complexity index is 247. The number of ether oxygens (including phenoxy) is 1. The van der Waals surface area contributed by atoms with Crippen molar-refractivity contribution in [2.75, 3.05) is 7.11 Å². The molecule has 0 aliphatic rings. The second kappa shape index (κ2) is 9.97. The first-order valence-corrected chi connectivity index (χ1v) is 6.27. The number of unbranched alkanes of at least 4 members (excludes halogenated alkanes) is 6. The average molecular weight is 266 g/mol. The lowest BCUT2D eigenvalue weighted by Gasteiger charge is -2.01. The molecular formula is C13H21F3O2. The summed E-state index contributed by atoms with van der Waals surface area (Å²) in [7, 11) is 1.37. The highest BCUT2D eigenvalue weighted by atomic mass is 19.4. The maximum Gasteiger partial charge on any atom is 0.409 e. The summed E-state index contributed by atoms with van der Waals surface area (Å²) in [6.45, 7) is 0. The van der Waals surface area contributed by atoms with E-state index in [0.717, 1.165) is 38.5 Å². The molecule has 5 heteroatoms. The fraction of sp³-hybridized carbons (Fsp3) is 0.769. The summed E-state index contributed by atoms with van der Waals surface area (Å²) in [5, 5.41) is 0. The van der Waals surface area contributed by atoms with Crippen molar-refractivity contribution in [1.29, 1.82) is 0 Å². The molecule has 0 spiro atoms. The quantitative estimate of drug-likeness (QED) is 0.351. The van der Waals surface area contributed by atoms with Crippen LogP contribution in [-0.2, 0) is 9.53 Å². The van der Waals surface area contributed by atoms with E-state index in [0.29, 0.717) is 18.9 Å². The first-order chi connectivity index (χ1) is 8.45. The predicted octanol–water partition coefficient (Wildman–Crippen LogP) is 4.40. The van der Waals surface area contributed by atoms with Crippen molar-refractivity contribution in [2.24, 2.45) is 0 Å². The van der Waals surface area contributed by atoms with Crippen molar-refractivity contribution in [3.63, 3.8) is 0 Å². The van der Waals surface area contributed by atoms with E-state index in [4.69, 9.17) is 0 Å². The van der Waals surface area contributed by atoms with Crippen LogP contribution in [0.4, 0.5) is 13.2 Å². The molecule has 0 radical (unpaired) electrons. The molecule has 106 valence electrons. The number of halogens is 3. The Morgan fingerprint density at radius 3 is 2.17 bits per heavy atom. The Morgan fingerprint density at radius 2 is 1.61 bits per heavy atom. The van der Waals surface area contributed by atoms with Crippen LogP contribution in [0.25, 0.3) is 0 Å². The van der Waals surface area contributed by atoms with Crippen molar-refractivity contribution in [3.8, 4) is 0 Å². The van der Waals surface area contributed by atoms with Crippen molar-refractivity contribution in [1.82, 2.24) is 0 Å². The topological polar surface area (TPSA) is 26.3 Å². The maximum absolute atomic E-state index is 11.7. The predicted molar refractivity (Wildman–Crippen MR) is 64.1 cm³/mol. The molecule has 0 aliphatic heterocycles.